The molecule has 1 atom stereocenters. The first-order chi connectivity index (χ1) is 10.5. The Kier molecular flexibility index (Phi) is 4.88. The van der Waals surface area contributed by atoms with Crippen LogP contribution in [0.4, 0.5) is 5.82 Å². The molecule has 2 aromatic rings. The van der Waals surface area contributed by atoms with Crippen molar-refractivity contribution in [2.45, 2.75) is 33.2 Å². The Morgan fingerprint density at radius 3 is 2.55 bits per heavy atom. The van der Waals surface area contributed by atoms with Crippen molar-refractivity contribution in [1.29, 1.82) is 0 Å². The number of anilines is 1. The van der Waals surface area contributed by atoms with Crippen molar-refractivity contribution in [1.82, 2.24) is 15.5 Å². The lowest BCUT2D eigenvalue weighted by atomic mass is 10.2. The molecule has 0 aliphatic carbocycles. The number of aryl methyl sites for hydroxylation is 1. The van der Waals surface area contributed by atoms with Crippen molar-refractivity contribution in [2.24, 2.45) is 0 Å². The molecule has 1 unspecified atom stereocenters. The van der Waals surface area contributed by atoms with Gasteiger partial charge in [-0.25, -0.2) is 4.98 Å². The molecule has 0 saturated carbocycles. The van der Waals surface area contributed by atoms with Crippen molar-refractivity contribution in [3.63, 3.8) is 0 Å². The fourth-order valence-corrected chi connectivity index (χ4v) is 1.69. The number of carbonyl (C=O) groups is 2. The molecule has 7 nitrogen and oxygen atoms in total. The summed E-state index contributed by atoms with van der Waals surface area (Å²) in [4.78, 5) is 28.2. The topological polar surface area (TPSA) is 97.1 Å². The zero-order valence-corrected chi connectivity index (χ0v) is 12.7. The maximum atomic E-state index is 12.1. The van der Waals surface area contributed by atoms with Gasteiger partial charge in [-0.15, -0.1) is 0 Å². The minimum Gasteiger partial charge on any atom is -0.360 e. The van der Waals surface area contributed by atoms with Gasteiger partial charge in [0.15, 0.2) is 5.82 Å². The normalized spacial score (nSPS) is 11.8. The number of nitrogens with one attached hydrogen (secondary N) is 2. The van der Waals surface area contributed by atoms with E-state index in [0.717, 1.165) is 6.42 Å². The lowest BCUT2D eigenvalue weighted by molar-refractivity contribution is 0.0934. The molecular formula is C15H18N4O3. The summed E-state index contributed by atoms with van der Waals surface area (Å²) < 4.78 is 4.87. The zero-order chi connectivity index (χ0) is 16.1. The van der Waals surface area contributed by atoms with Crippen LogP contribution in [0.3, 0.4) is 0 Å². The molecular weight excluding hydrogens is 284 g/mol. The average Bonchev–Trinajstić information content (AvgIpc) is 2.92. The molecule has 0 fully saturated rings. The molecule has 0 spiro atoms. The van der Waals surface area contributed by atoms with Crippen molar-refractivity contribution >= 4 is 17.6 Å². The summed E-state index contributed by atoms with van der Waals surface area (Å²) in [6.45, 7) is 5.60. The van der Waals surface area contributed by atoms with E-state index in [-0.39, 0.29) is 23.3 Å². The van der Waals surface area contributed by atoms with Gasteiger partial charge in [0.1, 0.15) is 17.1 Å². The molecule has 22 heavy (non-hydrogen) atoms. The Morgan fingerprint density at radius 2 is 1.95 bits per heavy atom. The fourth-order valence-electron chi connectivity index (χ4n) is 1.69. The fraction of sp³-hybridized carbons (Fsp3) is 0.333. The van der Waals surface area contributed by atoms with Crippen LogP contribution in [0.2, 0.25) is 0 Å². The first kappa shape index (κ1) is 15.7. The van der Waals surface area contributed by atoms with Crippen LogP contribution in [0, 0.1) is 6.92 Å². The van der Waals surface area contributed by atoms with E-state index >= 15 is 0 Å². The molecule has 2 amide bonds. The van der Waals surface area contributed by atoms with E-state index in [4.69, 9.17) is 4.52 Å². The molecule has 0 radical (unpaired) electrons. The van der Waals surface area contributed by atoms with Crippen LogP contribution in [0.5, 0.6) is 0 Å². The Morgan fingerprint density at radius 1 is 1.27 bits per heavy atom. The second kappa shape index (κ2) is 6.84. The van der Waals surface area contributed by atoms with Crippen LogP contribution in [-0.4, -0.2) is 28.0 Å². The summed E-state index contributed by atoms with van der Waals surface area (Å²) in [5.74, 6) is 0.136. The van der Waals surface area contributed by atoms with E-state index in [1.54, 1.807) is 25.1 Å². The zero-order valence-electron chi connectivity index (χ0n) is 12.7. The molecule has 0 bridgehead atoms. The van der Waals surface area contributed by atoms with Crippen LogP contribution in [-0.2, 0) is 0 Å². The highest BCUT2D eigenvalue weighted by Crippen LogP contribution is 2.09. The molecule has 2 heterocycles. The highest BCUT2D eigenvalue weighted by molar-refractivity contribution is 6.03. The number of hydrogen-bond acceptors (Lipinski definition) is 5. The predicted octanol–water partition coefficient (Wildman–Crippen LogP) is 2.16. The summed E-state index contributed by atoms with van der Waals surface area (Å²) in [6.07, 6.45) is 0.817. The summed E-state index contributed by atoms with van der Waals surface area (Å²) in [5, 5.41) is 9.04. The van der Waals surface area contributed by atoms with Crippen LogP contribution >= 0.6 is 0 Å². The second-order valence-electron chi connectivity index (χ2n) is 4.97. The van der Waals surface area contributed by atoms with Gasteiger partial charge in [0.05, 0.1) is 0 Å². The number of amides is 2. The van der Waals surface area contributed by atoms with E-state index < -0.39 is 5.91 Å². The largest absolute Gasteiger partial charge is 0.360 e. The number of pyridine rings is 1. The number of aromatic nitrogens is 2. The summed E-state index contributed by atoms with van der Waals surface area (Å²) in [7, 11) is 0. The molecule has 7 heteroatoms. The maximum Gasteiger partial charge on any atom is 0.275 e. The Hall–Kier alpha value is -2.70. The SMILES string of the molecule is CCC(C)NC(=O)c1cccc(C(=O)Nc2cc(C)on2)n1. The van der Waals surface area contributed by atoms with Gasteiger partial charge in [0.25, 0.3) is 11.8 Å². The van der Waals surface area contributed by atoms with E-state index in [1.165, 1.54) is 6.07 Å². The van der Waals surface area contributed by atoms with Gasteiger partial charge >= 0.3 is 0 Å². The van der Waals surface area contributed by atoms with Gasteiger partial charge in [-0.1, -0.05) is 18.1 Å². The van der Waals surface area contributed by atoms with Crippen LogP contribution in [0.15, 0.2) is 28.8 Å². The van der Waals surface area contributed by atoms with Crippen LogP contribution < -0.4 is 10.6 Å². The molecule has 2 rings (SSSR count). The highest BCUT2D eigenvalue weighted by atomic mass is 16.5. The smallest absolute Gasteiger partial charge is 0.275 e. The Labute approximate surface area is 128 Å². The Balaban J connectivity index is 2.10. The first-order valence-corrected chi connectivity index (χ1v) is 7.02. The van der Waals surface area contributed by atoms with Gasteiger partial charge < -0.3 is 15.2 Å². The Bertz CT molecular complexity index is 681. The maximum absolute atomic E-state index is 12.1. The molecule has 0 aromatic carbocycles. The minimum absolute atomic E-state index is 0.0462. The monoisotopic (exact) mass is 302 g/mol. The molecule has 2 aromatic heterocycles. The van der Waals surface area contributed by atoms with Gasteiger partial charge in [0, 0.05) is 12.1 Å². The van der Waals surface area contributed by atoms with Gasteiger partial charge in [-0.3, -0.25) is 9.59 Å². The van der Waals surface area contributed by atoms with Crippen molar-refractivity contribution in [2.75, 3.05) is 5.32 Å². The van der Waals surface area contributed by atoms with E-state index in [9.17, 15) is 9.59 Å². The molecule has 0 saturated heterocycles. The van der Waals surface area contributed by atoms with E-state index in [2.05, 4.69) is 20.8 Å². The summed E-state index contributed by atoms with van der Waals surface area (Å²) >= 11 is 0. The first-order valence-electron chi connectivity index (χ1n) is 7.02. The minimum atomic E-state index is -0.452. The number of carbonyl (C=O) groups excluding carboxylic acids is 2. The average molecular weight is 302 g/mol. The third-order valence-electron chi connectivity index (χ3n) is 3.07. The third kappa shape index (κ3) is 3.91. The second-order valence-corrected chi connectivity index (χ2v) is 4.97. The lowest BCUT2D eigenvalue weighted by Gasteiger charge is -2.11. The highest BCUT2D eigenvalue weighted by Gasteiger charge is 2.14. The van der Waals surface area contributed by atoms with Crippen molar-refractivity contribution in [3.05, 3.63) is 41.4 Å². The van der Waals surface area contributed by atoms with Gasteiger partial charge in [-0.2, -0.15) is 0 Å². The van der Waals surface area contributed by atoms with Crippen molar-refractivity contribution in [3.8, 4) is 0 Å². The number of rotatable bonds is 5. The van der Waals surface area contributed by atoms with Crippen LogP contribution in [0.1, 0.15) is 47.0 Å². The van der Waals surface area contributed by atoms with Gasteiger partial charge in [-0.05, 0) is 32.4 Å². The molecule has 0 aliphatic heterocycles. The number of nitrogens with zero attached hydrogens (tertiary/aromatic N) is 2. The summed E-state index contributed by atoms with van der Waals surface area (Å²) in [6, 6.07) is 6.35. The quantitative estimate of drug-likeness (QED) is 0.882. The summed E-state index contributed by atoms with van der Waals surface area (Å²) in [5.41, 5.74) is 0.335. The van der Waals surface area contributed by atoms with Crippen LogP contribution in [0.25, 0.3) is 0 Å². The lowest BCUT2D eigenvalue weighted by Crippen LogP contribution is -2.32. The van der Waals surface area contributed by atoms with E-state index in [1.807, 2.05) is 13.8 Å². The van der Waals surface area contributed by atoms with E-state index in [0.29, 0.717) is 11.6 Å². The standard InChI is InChI=1S/C15H18N4O3/c1-4-9(2)16-14(20)11-6-5-7-12(17-11)15(21)18-13-8-10(3)22-19-13/h5-9H,4H2,1-3H3,(H,16,20)(H,18,19,21). The predicted molar refractivity (Wildman–Crippen MR) is 80.6 cm³/mol. The number of hydrogen-bond donors (Lipinski definition) is 2. The van der Waals surface area contributed by atoms with Crippen molar-refractivity contribution < 1.29 is 14.1 Å². The third-order valence-corrected chi connectivity index (χ3v) is 3.07. The van der Waals surface area contributed by atoms with Gasteiger partial charge in [0.2, 0.25) is 0 Å². The molecule has 0 aliphatic rings. The molecule has 116 valence electrons. The molecule has 2 N–H and O–H groups in total.